The number of hydrogen-bond acceptors (Lipinski definition) is 6. The number of nitrogens with zero attached hydrogens (tertiary/aromatic N) is 2. The van der Waals surface area contributed by atoms with E-state index in [-0.39, 0.29) is 0 Å². The molecule has 0 aliphatic carbocycles. The van der Waals surface area contributed by atoms with Crippen LogP contribution in [0, 0.1) is 0 Å². The van der Waals surface area contributed by atoms with E-state index in [1.54, 1.807) is 7.11 Å². The number of nitrogens with two attached hydrogens (primary N) is 1. The lowest BCUT2D eigenvalue weighted by molar-refractivity contribution is 0.0867. The second kappa shape index (κ2) is 6.69. The van der Waals surface area contributed by atoms with E-state index in [2.05, 4.69) is 10.1 Å². The molecule has 0 amide bonds. The van der Waals surface area contributed by atoms with Gasteiger partial charge in [0.1, 0.15) is 11.3 Å². The van der Waals surface area contributed by atoms with Crippen molar-refractivity contribution in [1.82, 2.24) is 10.1 Å². The van der Waals surface area contributed by atoms with Gasteiger partial charge in [0, 0.05) is 6.61 Å². The highest BCUT2D eigenvalue weighted by Crippen LogP contribution is 2.29. The van der Waals surface area contributed by atoms with Crippen molar-refractivity contribution in [2.24, 2.45) is 5.73 Å². The van der Waals surface area contributed by atoms with Crippen molar-refractivity contribution in [2.45, 2.75) is 25.8 Å². The molecule has 1 unspecified atom stereocenters. The smallest absolute Gasteiger partial charge is 0.261 e. The summed E-state index contributed by atoms with van der Waals surface area (Å²) in [4.78, 5) is 4.38. The van der Waals surface area contributed by atoms with Gasteiger partial charge in [-0.05, 0) is 25.5 Å². The van der Waals surface area contributed by atoms with Crippen LogP contribution in [0.5, 0.6) is 5.75 Å². The molecule has 0 spiro atoms. The molecule has 2 aromatic rings. The lowest BCUT2D eigenvalue weighted by Gasteiger charge is -2.19. The maximum absolute atomic E-state index is 6.20. The van der Waals surface area contributed by atoms with Gasteiger partial charge >= 0.3 is 0 Å². The Morgan fingerprint density at radius 2 is 2.10 bits per heavy atom. The highest BCUT2D eigenvalue weighted by Gasteiger charge is 2.28. The summed E-state index contributed by atoms with van der Waals surface area (Å²) in [5, 5.41) is 3.97. The summed E-state index contributed by atoms with van der Waals surface area (Å²) >= 11 is 0. The molecule has 0 fully saturated rings. The lowest BCUT2D eigenvalue weighted by atomic mass is 10.1. The van der Waals surface area contributed by atoms with Gasteiger partial charge in [-0.25, -0.2) is 0 Å². The molecule has 6 nitrogen and oxygen atoms in total. The normalized spacial score (nSPS) is 13.9. The largest absolute Gasteiger partial charge is 0.496 e. The zero-order valence-electron chi connectivity index (χ0n) is 12.6. The number of hydrogen-bond donors (Lipinski definition) is 1. The van der Waals surface area contributed by atoms with Crippen LogP contribution in [-0.2, 0) is 10.3 Å². The van der Waals surface area contributed by atoms with Crippen molar-refractivity contribution >= 4 is 0 Å². The van der Waals surface area contributed by atoms with E-state index < -0.39 is 5.54 Å². The fourth-order valence-corrected chi connectivity index (χ4v) is 1.88. The van der Waals surface area contributed by atoms with Gasteiger partial charge in [-0.1, -0.05) is 24.2 Å². The van der Waals surface area contributed by atoms with E-state index in [1.165, 1.54) is 0 Å². The van der Waals surface area contributed by atoms with Gasteiger partial charge in [0.15, 0.2) is 5.82 Å². The summed E-state index contributed by atoms with van der Waals surface area (Å²) in [6.45, 7) is 4.86. The summed E-state index contributed by atoms with van der Waals surface area (Å²) < 4.78 is 16.1. The fraction of sp³-hybridized carbons (Fsp3) is 0.467. The highest BCUT2D eigenvalue weighted by atomic mass is 16.5. The SMILES string of the molecule is CCCOCC(C)(N)c1noc(-c2ccccc2OC)n1. The highest BCUT2D eigenvalue weighted by molar-refractivity contribution is 5.62. The van der Waals surface area contributed by atoms with Crippen LogP contribution in [0.25, 0.3) is 11.5 Å². The topological polar surface area (TPSA) is 83.4 Å². The summed E-state index contributed by atoms with van der Waals surface area (Å²) in [5.74, 6) is 1.47. The lowest BCUT2D eigenvalue weighted by Crippen LogP contribution is -2.39. The van der Waals surface area contributed by atoms with Crippen LogP contribution in [0.15, 0.2) is 28.8 Å². The van der Waals surface area contributed by atoms with Crippen LogP contribution in [0.3, 0.4) is 0 Å². The quantitative estimate of drug-likeness (QED) is 0.788. The molecule has 0 aliphatic rings. The summed E-state index contributed by atoms with van der Waals surface area (Å²) in [6, 6.07) is 7.46. The third-order valence-electron chi connectivity index (χ3n) is 3.02. The van der Waals surface area contributed by atoms with Crippen molar-refractivity contribution in [3.63, 3.8) is 0 Å². The van der Waals surface area contributed by atoms with E-state index in [1.807, 2.05) is 38.1 Å². The molecule has 2 rings (SSSR count). The number of ether oxygens (including phenoxy) is 2. The average molecular weight is 291 g/mol. The van der Waals surface area contributed by atoms with Crippen molar-refractivity contribution in [3.05, 3.63) is 30.1 Å². The summed E-state index contributed by atoms with van der Waals surface area (Å²) in [5.41, 5.74) is 6.15. The first-order valence-corrected chi connectivity index (χ1v) is 6.92. The number of aromatic nitrogens is 2. The Balaban J connectivity index is 2.21. The number of benzene rings is 1. The van der Waals surface area contributed by atoms with Gasteiger partial charge in [-0.15, -0.1) is 0 Å². The van der Waals surface area contributed by atoms with Crippen LogP contribution >= 0.6 is 0 Å². The second-order valence-electron chi connectivity index (χ2n) is 5.09. The van der Waals surface area contributed by atoms with Gasteiger partial charge in [0.25, 0.3) is 5.89 Å². The zero-order valence-corrected chi connectivity index (χ0v) is 12.6. The Hall–Kier alpha value is -1.92. The first kappa shape index (κ1) is 15.5. The molecule has 1 aromatic heterocycles. The van der Waals surface area contributed by atoms with Gasteiger partial charge in [0.2, 0.25) is 0 Å². The summed E-state index contributed by atoms with van der Waals surface area (Å²) in [7, 11) is 1.60. The average Bonchev–Trinajstić information content (AvgIpc) is 2.98. The minimum atomic E-state index is -0.793. The maximum atomic E-state index is 6.20. The van der Waals surface area contributed by atoms with E-state index >= 15 is 0 Å². The van der Waals surface area contributed by atoms with Gasteiger partial charge in [-0.2, -0.15) is 4.98 Å². The molecule has 0 bridgehead atoms. The zero-order chi connectivity index (χ0) is 15.3. The third kappa shape index (κ3) is 3.59. The van der Waals surface area contributed by atoms with E-state index in [0.717, 1.165) is 12.0 Å². The monoisotopic (exact) mass is 291 g/mol. The standard InChI is InChI=1S/C15H21N3O3/c1-4-9-20-10-15(2,16)14-17-13(21-18-14)11-7-5-6-8-12(11)19-3/h5-8H,4,9-10,16H2,1-3H3. The number of methoxy groups -OCH3 is 1. The summed E-state index contributed by atoms with van der Waals surface area (Å²) in [6.07, 6.45) is 0.939. The molecule has 0 saturated heterocycles. The first-order chi connectivity index (χ1) is 10.1. The van der Waals surface area contributed by atoms with Gasteiger partial charge < -0.3 is 19.7 Å². The predicted molar refractivity (Wildman–Crippen MR) is 78.9 cm³/mol. The van der Waals surface area contributed by atoms with Crippen LogP contribution in [-0.4, -0.2) is 30.5 Å². The van der Waals surface area contributed by atoms with E-state index in [9.17, 15) is 0 Å². The van der Waals surface area contributed by atoms with E-state index in [0.29, 0.717) is 30.7 Å². The molecule has 6 heteroatoms. The fourth-order valence-electron chi connectivity index (χ4n) is 1.88. The molecule has 21 heavy (non-hydrogen) atoms. The Morgan fingerprint density at radius 3 is 2.81 bits per heavy atom. The number of para-hydroxylation sites is 1. The minimum Gasteiger partial charge on any atom is -0.496 e. The van der Waals surface area contributed by atoms with Crippen LogP contribution in [0.2, 0.25) is 0 Å². The molecule has 0 aliphatic heterocycles. The van der Waals surface area contributed by atoms with Crippen LogP contribution in [0.4, 0.5) is 0 Å². The van der Waals surface area contributed by atoms with Gasteiger partial charge in [-0.3, -0.25) is 0 Å². The molecule has 0 saturated carbocycles. The maximum Gasteiger partial charge on any atom is 0.261 e. The Labute approximate surface area is 124 Å². The van der Waals surface area contributed by atoms with Crippen LogP contribution in [0.1, 0.15) is 26.1 Å². The molecule has 1 heterocycles. The molecule has 0 radical (unpaired) electrons. The van der Waals surface area contributed by atoms with Crippen molar-refractivity contribution in [3.8, 4) is 17.2 Å². The molecule has 114 valence electrons. The molecule has 1 aromatic carbocycles. The molecule has 2 N–H and O–H groups in total. The first-order valence-electron chi connectivity index (χ1n) is 6.92. The Morgan fingerprint density at radius 1 is 1.33 bits per heavy atom. The van der Waals surface area contributed by atoms with Crippen LogP contribution < -0.4 is 10.5 Å². The predicted octanol–water partition coefficient (Wildman–Crippen LogP) is 2.35. The molecular weight excluding hydrogens is 270 g/mol. The number of rotatable bonds is 7. The minimum absolute atomic E-state index is 0.339. The Bertz CT molecular complexity index is 581. The molecule has 1 atom stereocenters. The second-order valence-corrected chi connectivity index (χ2v) is 5.09. The van der Waals surface area contributed by atoms with Crippen molar-refractivity contribution < 1.29 is 14.0 Å². The Kier molecular flexibility index (Phi) is 4.93. The van der Waals surface area contributed by atoms with E-state index in [4.69, 9.17) is 19.7 Å². The van der Waals surface area contributed by atoms with Crippen molar-refractivity contribution in [1.29, 1.82) is 0 Å². The van der Waals surface area contributed by atoms with Crippen molar-refractivity contribution in [2.75, 3.05) is 20.3 Å². The molecular formula is C15H21N3O3. The third-order valence-corrected chi connectivity index (χ3v) is 3.02. The van der Waals surface area contributed by atoms with Gasteiger partial charge in [0.05, 0.1) is 19.3 Å².